The predicted molar refractivity (Wildman–Crippen MR) is 117 cm³/mol. The summed E-state index contributed by atoms with van der Waals surface area (Å²) in [6, 6.07) is 16.4. The Morgan fingerprint density at radius 3 is 2.48 bits per heavy atom. The molecule has 0 bridgehead atoms. The number of H-pyrrole nitrogens is 1. The Kier molecular flexibility index (Phi) is 5.29. The molecule has 11 heteroatoms. The second-order valence-corrected chi connectivity index (χ2v) is 9.33. The van der Waals surface area contributed by atoms with Gasteiger partial charge in [0.1, 0.15) is 5.56 Å². The zero-order chi connectivity index (χ0) is 22.2. The largest absolute Gasteiger partial charge is 0.304 e. The number of sulfone groups is 1. The summed E-state index contributed by atoms with van der Waals surface area (Å²) in [6.07, 6.45) is 0. The summed E-state index contributed by atoms with van der Waals surface area (Å²) in [5.74, 6) is -0.689. The van der Waals surface area contributed by atoms with Crippen LogP contribution in [0.4, 0.5) is 11.5 Å². The number of benzene rings is 3. The summed E-state index contributed by atoms with van der Waals surface area (Å²) in [6.45, 7) is 0. The number of rotatable bonds is 5. The Morgan fingerprint density at radius 2 is 1.77 bits per heavy atom. The fourth-order valence-corrected chi connectivity index (χ4v) is 4.67. The Hall–Kier alpha value is -3.57. The van der Waals surface area contributed by atoms with Gasteiger partial charge in [0.15, 0.2) is 5.82 Å². The SMILES string of the molecule is O=C(Nc1n[nH]c2ccc(S(=O)(=O)c3ccccc3)cc12)c1ccc(Br)cc1[N+](=O)[O-]. The fraction of sp³-hybridized carbons (Fsp3) is 0. The molecule has 156 valence electrons. The predicted octanol–water partition coefficient (Wildman–Crippen LogP) is 4.32. The normalized spacial score (nSPS) is 11.4. The van der Waals surface area contributed by atoms with Gasteiger partial charge in [-0.25, -0.2) is 8.42 Å². The van der Waals surface area contributed by atoms with E-state index >= 15 is 0 Å². The first-order valence-corrected chi connectivity index (χ1v) is 11.1. The molecule has 3 aromatic carbocycles. The highest BCUT2D eigenvalue weighted by Crippen LogP contribution is 2.29. The summed E-state index contributed by atoms with van der Waals surface area (Å²) in [5, 5.41) is 20.9. The van der Waals surface area contributed by atoms with Gasteiger partial charge in [-0.15, -0.1) is 0 Å². The lowest BCUT2D eigenvalue weighted by Gasteiger charge is -2.06. The van der Waals surface area contributed by atoms with Crippen LogP contribution in [0.25, 0.3) is 10.9 Å². The molecule has 4 rings (SSSR count). The van der Waals surface area contributed by atoms with E-state index in [1.165, 1.54) is 48.5 Å². The van der Waals surface area contributed by atoms with Gasteiger partial charge in [0.2, 0.25) is 9.84 Å². The van der Waals surface area contributed by atoms with E-state index in [1.807, 2.05) is 0 Å². The van der Waals surface area contributed by atoms with Crippen molar-refractivity contribution < 1.29 is 18.1 Å². The van der Waals surface area contributed by atoms with Gasteiger partial charge in [0.05, 0.1) is 20.2 Å². The Bertz CT molecular complexity index is 1430. The third-order valence-corrected chi connectivity index (χ3v) is 6.79. The number of nitrogens with one attached hydrogen (secondary N) is 2. The van der Waals surface area contributed by atoms with Crippen molar-refractivity contribution in [2.24, 2.45) is 0 Å². The van der Waals surface area contributed by atoms with Crippen LogP contribution in [-0.2, 0) is 9.84 Å². The third kappa shape index (κ3) is 3.92. The van der Waals surface area contributed by atoms with E-state index in [4.69, 9.17) is 0 Å². The first-order chi connectivity index (χ1) is 14.8. The lowest BCUT2D eigenvalue weighted by Crippen LogP contribution is -2.14. The molecule has 1 aromatic heterocycles. The molecule has 1 amide bonds. The van der Waals surface area contributed by atoms with Crippen LogP contribution < -0.4 is 5.32 Å². The van der Waals surface area contributed by atoms with Gasteiger partial charge in [-0.1, -0.05) is 34.1 Å². The summed E-state index contributed by atoms with van der Waals surface area (Å²) in [4.78, 5) is 23.5. The number of hydrogen-bond acceptors (Lipinski definition) is 6. The Morgan fingerprint density at radius 1 is 1.03 bits per heavy atom. The summed E-state index contributed by atoms with van der Waals surface area (Å²) in [7, 11) is -3.78. The molecular weight excluding hydrogens is 488 g/mol. The number of carbonyl (C=O) groups excluding carboxylic acids is 1. The van der Waals surface area contributed by atoms with Crippen molar-refractivity contribution in [3.05, 3.63) is 86.9 Å². The van der Waals surface area contributed by atoms with Gasteiger partial charge in [-0.3, -0.25) is 20.0 Å². The van der Waals surface area contributed by atoms with Crippen molar-refractivity contribution in [1.29, 1.82) is 0 Å². The minimum Gasteiger partial charge on any atom is -0.304 e. The Labute approximate surface area is 184 Å². The minimum absolute atomic E-state index is 0.0257. The van der Waals surface area contributed by atoms with Crippen molar-refractivity contribution >= 4 is 54.1 Å². The van der Waals surface area contributed by atoms with E-state index in [-0.39, 0.29) is 26.9 Å². The van der Waals surface area contributed by atoms with Gasteiger partial charge in [-0.05, 0) is 42.5 Å². The average Bonchev–Trinajstić information content (AvgIpc) is 3.16. The average molecular weight is 501 g/mol. The van der Waals surface area contributed by atoms with Crippen LogP contribution in [0, 0.1) is 10.1 Å². The van der Waals surface area contributed by atoms with Crippen LogP contribution >= 0.6 is 15.9 Å². The third-order valence-electron chi connectivity index (χ3n) is 4.53. The highest BCUT2D eigenvalue weighted by atomic mass is 79.9. The first-order valence-electron chi connectivity index (χ1n) is 8.81. The molecule has 1 heterocycles. The van der Waals surface area contributed by atoms with Crippen LogP contribution in [-0.4, -0.2) is 29.4 Å². The zero-order valence-electron chi connectivity index (χ0n) is 15.6. The molecule has 0 aliphatic rings. The van der Waals surface area contributed by atoms with E-state index in [9.17, 15) is 23.3 Å². The van der Waals surface area contributed by atoms with E-state index in [0.717, 1.165) is 0 Å². The molecule has 0 spiro atoms. The van der Waals surface area contributed by atoms with Crippen LogP contribution in [0.2, 0.25) is 0 Å². The molecule has 0 saturated carbocycles. The van der Waals surface area contributed by atoms with Crippen molar-refractivity contribution in [1.82, 2.24) is 10.2 Å². The molecule has 0 atom stereocenters. The zero-order valence-corrected chi connectivity index (χ0v) is 18.0. The molecule has 0 radical (unpaired) electrons. The van der Waals surface area contributed by atoms with Crippen molar-refractivity contribution in [3.8, 4) is 0 Å². The minimum atomic E-state index is -3.78. The highest BCUT2D eigenvalue weighted by Gasteiger charge is 2.23. The molecular formula is C20H13BrN4O5S. The molecule has 2 N–H and O–H groups in total. The Balaban J connectivity index is 1.73. The number of aromatic amines is 1. The number of anilines is 1. The standard InChI is InChI=1S/C20H13BrN4O5S/c21-12-6-8-15(18(10-12)25(27)28)20(26)22-19-16-11-14(7-9-17(16)23-24-19)31(29,30)13-4-2-1-3-5-13/h1-11H,(H2,22,23,24,26). The van der Waals surface area contributed by atoms with Gasteiger partial charge in [0.25, 0.3) is 11.6 Å². The van der Waals surface area contributed by atoms with Crippen LogP contribution in [0.5, 0.6) is 0 Å². The van der Waals surface area contributed by atoms with Crippen LogP contribution in [0.15, 0.2) is 81.0 Å². The molecule has 9 nitrogen and oxygen atoms in total. The van der Waals surface area contributed by atoms with Gasteiger partial charge in [-0.2, -0.15) is 5.10 Å². The smallest absolute Gasteiger partial charge is 0.283 e. The second kappa shape index (κ2) is 7.93. The molecule has 4 aromatic rings. The topological polar surface area (TPSA) is 135 Å². The van der Waals surface area contributed by atoms with Crippen LogP contribution in [0.3, 0.4) is 0 Å². The number of halogens is 1. The summed E-state index contributed by atoms with van der Waals surface area (Å²) >= 11 is 3.14. The number of fused-ring (bicyclic) bond motifs is 1. The van der Waals surface area contributed by atoms with Gasteiger partial charge in [0, 0.05) is 15.9 Å². The number of carbonyl (C=O) groups is 1. The highest BCUT2D eigenvalue weighted by molar-refractivity contribution is 9.10. The fourth-order valence-electron chi connectivity index (χ4n) is 3.01. The van der Waals surface area contributed by atoms with E-state index < -0.39 is 20.7 Å². The lowest BCUT2D eigenvalue weighted by molar-refractivity contribution is -0.385. The number of aromatic nitrogens is 2. The lowest BCUT2D eigenvalue weighted by atomic mass is 10.1. The number of nitro groups is 1. The number of nitro benzene ring substituents is 1. The van der Waals surface area contributed by atoms with Gasteiger partial charge < -0.3 is 5.32 Å². The molecule has 0 saturated heterocycles. The quantitative estimate of drug-likeness (QED) is 0.309. The molecule has 0 aliphatic heterocycles. The van der Waals surface area contributed by atoms with E-state index in [0.29, 0.717) is 15.4 Å². The van der Waals surface area contributed by atoms with Crippen molar-refractivity contribution in [2.75, 3.05) is 5.32 Å². The second-order valence-electron chi connectivity index (χ2n) is 6.47. The summed E-state index contributed by atoms with van der Waals surface area (Å²) < 4.78 is 26.3. The number of hydrogen-bond donors (Lipinski definition) is 2. The van der Waals surface area contributed by atoms with Crippen LogP contribution in [0.1, 0.15) is 10.4 Å². The van der Waals surface area contributed by atoms with Crippen molar-refractivity contribution in [2.45, 2.75) is 9.79 Å². The first kappa shape index (κ1) is 20.7. The van der Waals surface area contributed by atoms with Gasteiger partial charge >= 0.3 is 0 Å². The van der Waals surface area contributed by atoms with E-state index in [1.54, 1.807) is 18.2 Å². The maximum absolute atomic E-state index is 12.9. The van der Waals surface area contributed by atoms with Crippen molar-refractivity contribution in [3.63, 3.8) is 0 Å². The molecule has 0 fully saturated rings. The number of amides is 1. The molecule has 31 heavy (non-hydrogen) atoms. The molecule has 0 aliphatic carbocycles. The maximum atomic E-state index is 12.9. The molecule has 0 unspecified atom stereocenters. The maximum Gasteiger partial charge on any atom is 0.283 e. The monoisotopic (exact) mass is 500 g/mol. The number of nitrogens with zero attached hydrogens (tertiary/aromatic N) is 2. The van der Waals surface area contributed by atoms with E-state index in [2.05, 4.69) is 31.4 Å². The summed E-state index contributed by atoms with van der Waals surface area (Å²) in [5.41, 5.74) is -0.0379.